The molecule has 0 aliphatic heterocycles. The second-order valence-electron chi connectivity index (χ2n) is 4.54. The number of hydrogen-bond acceptors (Lipinski definition) is 3. The maximum absolute atomic E-state index is 4.59. The fourth-order valence-corrected chi connectivity index (χ4v) is 2.11. The zero-order chi connectivity index (χ0) is 13.1. The molecule has 94 valence electrons. The molecule has 0 radical (unpaired) electrons. The lowest BCUT2D eigenvalue weighted by Gasteiger charge is -2.08. The number of allylic oxidation sites excluding steroid dienone is 4. The van der Waals surface area contributed by atoms with Crippen LogP contribution in [0.15, 0.2) is 48.6 Å². The molecular formula is C16H15N3. The molecule has 1 aromatic heterocycles. The molecule has 3 rings (SSSR count). The van der Waals surface area contributed by atoms with Crippen molar-refractivity contribution in [2.75, 3.05) is 0 Å². The predicted molar refractivity (Wildman–Crippen MR) is 76.4 cm³/mol. The Labute approximate surface area is 112 Å². The van der Waals surface area contributed by atoms with Gasteiger partial charge in [-0.15, -0.1) is 0 Å². The molecule has 1 aliphatic carbocycles. The minimum atomic E-state index is 0.739. The quantitative estimate of drug-likeness (QED) is 0.816. The zero-order valence-electron chi connectivity index (χ0n) is 10.9. The zero-order valence-corrected chi connectivity index (χ0v) is 10.9. The monoisotopic (exact) mass is 249 g/mol. The van der Waals surface area contributed by atoms with Crippen molar-refractivity contribution in [3.63, 3.8) is 0 Å². The van der Waals surface area contributed by atoms with E-state index in [9.17, 15) is 0 Å². The lowest BCUT2D eigenvalue weighted by atomic mass is 10.1. The summed E-state index contributed by atoms with van der Waals surface area (Å²) in [5.74, 6) is 2.26. The summed E-state index contributed by atoms with van der Waals surface area (Å²) in [6.07, 6.45) is 8.59. The highest BCUT2D eigenvalue weighted by atomic mass is 15.0. The highest BCUT2D eigenvalue weighted by Gasteiger charge is 2.09. The van der Waals surface area contributed by atoms with Crippen LogP contribution in [0.4, 0.5) is 0 Å². The van der Waals surface area contributed by atoms with Crippen LogP contribution in [0.3, 0.4) is 0 Å². The molecule has 1 aromatic carbocycles. The molecule has 3 heteroatoms. The molecule has 1 heterocycles. The van der Waals surface area contributed by atoms with Gasteiger partial charge in [0.05, 0.1) is 0 Å². The van der Waals surface area contributed by atoms with Gasteiger partial charge >= 0.3 is 0 Å². The van der Waals surface area contributed by atoms with Crippen LogP contribution in [0.5, 0.6) is 0 Å². The van der Waals surface area contributed by atoms with Crippen LogP contribution < -0.4 is 0 Å². The fourth-order valence-electron chi connectivity index (χ4n) is 2.11. The molecule has 0 fully saturated rings. The van der Waals surface area contributed by atoms with Gasteiger partial charge in [0, 0.05) is 11.1 Å². The Morgan fingerprint density at radius 3 is 2.42 bits per heavy atom. The van der Waals surface area contributed by atoms with Crippen LogP contribution >= 0.6 is 0 Å². The van der Waals surface area contributed by atoms with Crippen LogP contribution in [0.2, 0.25) is 0 Å². The van der Waals surface area contributed by atoms with Gasteiger partial charge in [-0.1, -0.05) is 48.6 Å². The molecule has 0 unspecified atom stereocenters. The molecule has 1 aliphatic rings. The Morgan fingerprint density at radius 1 is 0.895 bits per heavy atom. The first kappa shape index (κ1) is 11.8. The van der Waals surface area contributed by atoms with E-state index in [1.807, 2.05) is 37.3 Å². The summed E-state index contributed by atoms with van der Waals surface area (Å²) in [6, 6.07) is 10.0. The Balaban J connectivity index is 2.06. The van der Waals surface area contributed by atoms with E-state index in [-0.39, 0.29) is 0 Å². The average molecular weight is 249 g/mol. The summed E-state index contributed by atoms with van der Waals surface area (Å²) < 4.78 is 0. The summed E-state index contributed by atoms with van der Waals surface area (Å²) in [7, 11) is 0. The SMILES string of the molecule is Cc1nc(C2=CCCC=C2)nc(-c2ccccc2)n1. The maximum Gasteiger partial charge on any atom is 0.163 e. The molecule has 0 atom stereocenters. The van der Waals surface area contributed by atoms with E-state index in [0.29, 0.717) is 0 Å². The molecular weight excluding hydrogens is 234 g/mol. The van der Waals surface area contributed by atoms with Crippen molar-refractivity contribution >= 4 is 5.57 Å². The Hall–Kier alpha value is -2.29. The van der Waals surface area contributed by atoms with Crippen molar-refractivity contribution in [3.05, 3.63) is 60.2 Å². The van der Waals surface area contributed by atoms with Gasteiger partial charge in [0.25, 0.3) is 0 Å². The topological polar surface area (TPSA) is 38.7 Å². The number of nitrogens with zero attached hydrogens (tertiary/aromatic N) is 3. The van der Waals surface area contributed by atoms with Crippen LogP contribution in [-0.4, -0.2) is 15.0 Å². The first-order valence-corrected chi connectivity index (χ1v) is 6.48. The number of hydrogen-bond donors (Lipinski definition) is 0. The minimum absolute atomic E-state index is 0.739. The van der Waals surface area contributed by atoms with Gasteiger partial charge in [-0.25, -0.2) is 15.0 Å². The largest absolute Gasteiger partial charge is 0.213 e. The highest BCUT2D eigenvalue weighted by molar-refractivity contribution is 5.71. The maximum atomic E-state index is 4.59. The van der Waals surface area contributed by atoms with Gasteiger partial charge in [0.15, 0.2) is 11.6 Å². The standard InChI is InChI=1S/C16H15N3/c1-12-17-15(13-8-4-2-5-9-13)19-16(18-12)14-10-6-3-7-11-14/h2,4-6,8-11H,3,7H2,1H3. The van der Waals surface area contributed by atoms with Crippen molar-refractivity contribution in [3.8, 4) is 11.4 Å². The fraction of sp³-hybridized carbons (Fsp3) is 0.188. The lowest BCUT2D eigenvalue weighted by Crippen LogP contribution is -2.02. The third-order valence-electron chi connectivity index (χ3n) is 3.03. The predicted octanol–water partition coefficient (Wildman–Crippen LogP) is 3.58. The van der Waals surface area contributed by atoms with Gasteiger partial charge in [-0.3, -0.25) is 0 Å². The van der Waals surface area contributed by atoms with Gasteiger partial charge in [-0.2, -0.15) is 0 Å². The normalized spacial score (nSPS) is 14.3. The molecule has 2 aromatic rings. The van der Waals surface area contributed by atoms with Gasteiger partial charge < -0.3 is 0 Å². The molecule has 19 heavy (non-hydrogen) atoms. The molecule has 0 spiro atoms. The summed E-state index contributed by atoms with van der Waals surface area (Å²) in [5.41, 5.74) is 2.11. The van der Waals surface area contributed by atoms with Crippen molar-refractivity contribution in [2.45, 2.75) is 19.8 Å². The minimum Gasteiger partial charge on any atom is -0.213 e. The molecule has 0 amide bonds. The van der Waals surface area contributed by atoms with Crippen molar-refractivity contribution in [2.24, 2.45) is 0 Å². The third kappa shape index (κ3) is 2.60. The van der Waals surface area contributed by atoms with Gasteiger partial charge in [0.2, 0.25) is 0 Å². The Kier molecular flexibility index (Phi) is 3.19. The first-order valence-electron chi connectivity index (χ1n) is 6.48. The summed E-state index contributed by atoms with van der Waals surface area (Å²) in [4.78, 5) is 13.5. The summed E-state index contributed by atoms with van der Waals surface area (Å²) >= 11 is 0. The summed E-state index contributed by atoms with van der Waals surface area (Å²) in [5, 5.41) is 0. The first-order chi connectivity index (χ1) is 9.33. The molecule has 0 N–H and O–H groups in total. The van der Waals surface area contributed by atoms with Crippen molar-refractivity contribution in [1.29, 1.82) is 0 Å². The van der Waals surface area contributed by atoms with Gasteiger partial charge in [-0.05, 0) is 19.8 Å². The number of benzene rings is 1. The van der Waals surface area contributed by atoms with E-state index in [0.717, 1.165) is 41.5 Å². The molecule has 0 saturated heterocycles. The van der Waals surface area contributed by atoms with Crippen LogP contribution in [0.25, 0.3) is 17.0 Å². The lowest BCUT2D eigenvalue weighted by molar-refractivity contribution is 0.953. The number of aromatic nitrogens is 3. The van der Waals surface area contributed by atoms with E-state index in [2.05, 4.69) is 33.2 Å². The van der Waals surface area contributed by atoms with Crippen molar-refractivity contribution in [1.82, 2.24) is 15.0 Å². The van der Waals surface area contributed by atoms with E-state index in [4.69, 9.17) is 0 Å². The second kappa shape index (κ2) is 5.14. The molecule has 0 bridgehead atoms. The molecule has 3 nitrogen and oxygen atoms in total. The van der Waals surface area contributed by atoms with Crippen molar-refractivity contribution < 1.29 is 0 Å². The van der Waals surface area contributed by atoms with Gasteiger partial charge in [0.1, 0.15) is 5.82 Å². The van der Waals surface area contributed by atoms with Crippen LogP contribution in [0.1, 0.15) is 24.5 Å². The average Bonchev–Trinajstić information content (AvgIpc) is 2.48. The van der Waals surface area contributed by atoms with Crippen LogP contribution in [-0.2, 0) is 0 Å². The molecule has 0 saturated carbocycles. The van der Waals surface area contributed by atoms with E-state index < -0.39 is 0 Å². The van der Waals surface area contributed by atoms with Crippen LogP contribution in [0, 0.1) is 6.92 Å². The Morgan fingerprint density at radius 2 is 1.68 bits per heavy atom. The van der Waals surface area contributed by atoms with E-state index in [1.165, 1.54) is 0 Å². The third-order valence-corrected chi connectivity index (χ3v) is 3.03. The number of rotatable bonds is 2. The van der Waals surface area contributed by atoms with E-state index >= 15 is 0 Å². The Bertz CT molecular complexity index is 642. The second-order valence-corrected chi connectivity index (χ2v) is 4.54. The van der Waals surface area contributed by atoms with E-state index in [1.54, 1.807) is 0 Å². The highest BCUT2D eigenvalue weighted by Crippen LogP contribution is 2.21. The summed E-state index contributed by atoms with van der Waals surface area (Å²) in [6.45, 7) is 1.91. The number of aryl methyl sites for hydroxylation is 1. The smallest absolute Gasteiger partial charge is 0.163 e.